The van der Waals surface area contributed by atoms with Crippen LogP contribution >= 0.6 is 15.9 Å². The number of hydrogen-bond acceptors (Lipinski definition) is 7. The van der Waals surface area contributed by atoms with Gasteiger partial charge in [0.05, 0.1) is 6.20 Å². The van der Waals surface area contributed by atoms with E-state index in [1.807, 2.05) is 45.0 Å². The molecule has 0 atom stereocenters. The van der Waals surface area contributed by atoms with Crippen molar-refractivity contribution >= 4 is 27.8 Å². The molecule has 0 radical (unpaired) electrons. The van der Waals surface area contributed by atoms with Crippen LogP contribution in [0, 0.1) is 0 Å². The van der Waals surface area contributed by atoms with E-state index in [0.717, 1.165) is 11.1 Å². The third-order valence-corrected chi connectivity index (χ3v) is 4.27. The molecule has 2 N–H and O–H groups in total. The summed E-state index contributed by atoms with van der Waals surface area (Å²) in [5.74, 6) is 0.849. The highest BCUT2D eigenvalue weighted by molar-refractivity contribution is 9.10. The Morgan fingerprint density at radius 1 is 1.28 bits per heavy atom. The van der Waals surface area contributed by atoms with Crippen LogP contribution in [0.2, 0.25) is 0 Å². The number of anilines is 1. The monoisotopic (exact) mass is 459 g/mol. The van der Waals surface area contributed by atoms with Crippen LogP contribution in [0.5, 0.6) is 0 Å². The SMILES string of the molecule is CN(Cc1ccc(-c2cc(-c3nc(Br)cnc3N)no2)cc1)C(=O)OC(C)(C)C. The molecular formula is C20H22BrN5O3. The number of hydrogen-bond donors (Lipinski definition) is 1. The zero-order valence-corrected chi connectivity index (χ0v) is 18.2. The second-order valence-electron chi connectivity index (χ2n) is 7.54. The molecule has 1 amide bonds. The van der Waals surface area contributed by atoms with Gasteiger partial charge in [0.25, 0.3) is 0 Å². The van der Waals surface area contributed by atoms with Crippen LogP contribution in [-0.4, -0.2) is 38.8 Å². The van der Waals surface area contributed by atoms with Crippen LogP contribution in [0.25, 0.3) is 22.7 Å². The number of ether oxygens (including phenoxy) is 1. The van der Waals surface area contributed by atoms with E-state index in [2.05, 4.69) is 31.1 Å². The minimum atomic E-state index is -0.526. The second kappa shape index (κ2) is 8.20. The van der Waals surface area contributed by atoms with Crippen molar-refractivity contribution in [1.29, 1.82) is 0 Å². The summed E-state index contributed by atoms with van der Waals surface area (Å²) in [4.78, 5) is 22.0. The predicted octanol–water partition coefficient (Wildman–Crippen LogP) is 4.51. The number of aromatic nitrogens is 3. The van der Waals surface area contributed by atoms with Gasteiger partial charge in [-0.05, 0) is 42.3 Å². The van der Waals surface area contributed by atoms with Crippen molar-refractivity contribution in [2.45, 2.75) is 32.9 Å². The first-order valence-corrected chi connectivity index (χ1v) is 9.70. The summed E-state index contributed by atoms with van der Waals surface area (Å²) in [6, 6.07) is 9.41. The molecule has 0 aliphatic heterocycles. The van der Waals surface area contributed by atoms with E-state index in [1.165, 1.54) is 11.1 Å². The number of halogens is 1. The van der Waals surface area contributed by atoms with Crippen LogP contribution in [0.1, 0.15) is 26.3 Å². The molecule has 9 heteroatoms. The summed E-state index contributed by atoms with van der Waals surface area (Å²) in [7, 11) is 1.70. The van der Waals surface area contributed by atoms with Crippen LogP contribution in [-0.2, 0) is 11.3 Å². The molecular weight excluding hydrogens is 438 g/mol. The van der Waals surface area contributed by atoms with Gasteiger partial charge >= 0.3 is 6.09 Å². The summed E-state index contributed by atoms with van der Waals surface area (Å²) in [5.41, 5.74) is 8.11. The van der Waals surface area contributed by atoms with Gasteiger partial charge in [0, 0.05) is 25.2 Å². The molecule has 1 aromatic carbocycles. The Hall–Kier alpha value is -2.94. The lowest BCUT2D eigenvalue weighted by Crippen LogP contribution is -2.33. The lowest BCUT2D eigenvalue weighted by atomic mass is 10.1. The minimum Gasteiger partial charge on any atom is -0.444 e. The molecule has 0 spiro atoms. The first-order valence-electron chi connectivity index (χ1n) is 8.91. The quantitative estimate of drug-likeness (QED) is 0.610. The van der Waals surface area contributed by atoms with E-state index < -0.39 is 5.60 Å². The number of amides is 1. The zero-order chi connectivity index (χ0) is 21.2. The number of nitrogens with two attached hydrogens (primary N) is 1. The van der Waals surface area contributed by atoms with Crippen LogP contribution in [0.3, 0.4) is 0 Å². The third kappa shape index (κ3) is 5.32. The summed E-state index contributed by atoms with van der Waals surface area (Å²) < 4.78 is 11.4. The number of rotatable bonds is 4. The average Bonchev–Trinajstić information content (AvgIpc) is 3.13. The maximum atomic E-state index is 12.1. The maximum absolute atomic E-state index is 12.1. The van der Waals surface area contributed by atoms with Gasteiger partial charge in [0.2, 0.25) is 0 Å². The van der Waals surface area contributed by atoms with Crippen LogP contribution < -0.4 is 5.73 Å². The topological polar surface area (TPSA) is 107 Å². The molecule has 3 aromatic rings. The number of nitrogens with zero attached hydrogens (tertiary/aromatic N) is 4. The van der Waals surface area contributed by atoms with E-state index in [-0.39, 0.29) is 11.9 Å². The standard InChI is InChI=1S/C20H22BrN5O3/c1-20(2,3)28-19(27)26(4)11-12-5-7-13(8-6-12)15-9-14(25-29-15)17-18(22)23-10-16(21)24-17/h5-10H,11H2,1-4H3,(H2,22,23). The molecule has 2 aromatic heterocycles. The normalized spacial score (nSPS) is 11.3. The van der Waals surface area contributed by atoms with E-state index in [1.54, 1.807) is 13.1 Å². The van der Waals surface area contributed by atoms with Crippen LogP contribution in [0.15, 0.2) is 45.7 Å². The Kier molecular flexibility index (Phi) is 5.88. The van der Waals surface area contributed by atoms with Gasteiger partial charge in [-0.3, -0.25) is 0 Å². The highest BCUT2D eigenvalue weighted by Crippen LogP contribution is 2.28. The first-order chi connectivity index (χ1) is 13.6. The molecule has 0 aliphatic carbocycles. The zero-order valence-electron chi connectivity index (χ0n) is 16.6. The fraction of sp³-hybridized carbons (Fsp3) is 0.300. The third-order valence-electron chi connectivity index (χ3n) is 3.89. The Morgan fingerprint density at radius 2 is 1.97 bits per heavy atom. The Morgan fingerprint density at radius 3 is 2.62 bits per heavy atom. The minimum absolute atomic E-state index is 0.272. The predicted molar refractivity (Wildman–Crippen MR) is 113 cm³/mol. The van der Waals surface area contributed by atoms with Crippen molar-refractivity contribution in [3.05, 3.63) is 46.7 Å². The summed E-state index contributed by atoms with van der Waals surface area (Å²) in [6.45, 7) is 5.95. The molecule has 3 rings (SSSR count). The fourth-order valence-corrected chi connectivity index (χ4v) is 2.82. The number of nitrogen functional groups attached to an aromatic ring is 1. The highest BCUT2D eigenvalue weighted by atomic mass is 79.9. The average molecular weight is 460 g/mol. The highest BCUT2D eigenvalue weighted by Gasteiger charge is 2.20. The molecule has 0 saturated carbocycles. The smallest absolute Gasteiger partial charge is 0.410 e. The fourth-order valence-electron chi connectivity index (χ4n) is 2.54. The lowest BCUT2D eigenvalue weighted by Gasteiger charge is -2.24. The molecule has 0 aliphatic rings. The molecule has 29 heavy (non-hydrogen) atoms. The Balaban J connectivity index is 1.72. The van der Waals surface area contributed by atoms with E-state index in [4.69, 9.17) is 15.0 Å². The summed E-state index contributed by atoms with van der Waals surface area (Å²) in [5, 5.41) is 4.05. The van der Waals surface area contributed by atoms with E-state index >= 15 is 0 Å². The van der Waals surface area contributed by atoms with Gasteiger partial charge in [0.1, 0.15) is 21.6 Å². The number of benzene rings is 1. The number of carbonyl (C=O) groups excluding carboxylic acids is 1. The van der Waals surface area contributed by atoms with Gasteiger partial charge in [-0.1, -0.05) is 29.4 Å². The molecule has 152 valence electrons. The van der Waals surface area contributed by atoms with Crippen LogP contribution in [0.4, 0.5) is 10.6 Å². The molecule has 2 heterocycles. The van der Waals surface area contributed by atoms with Gasteiger partial charge in [0.15, 0.2) is 11.6 Å². The van der Waals surface area contributed by atoms with Gasteiger partial charge in [-0.25, -0.2) is 14.8 Å². The Bertz CT molecular complexity index is 1010. The van der Waals surface area contributed by atoms with Gasteiger partial charge in [-0.2, -0.15) is 0 Å². The largest absolute Gasteiger partial charge is 0.444 e. The van der Waals surface area contributed by atoms with Gasteiger partial charge < -0.3 is 19.9 Å². The molecule has 0 fully saturated rings. The van der Waals surface area contributed by atoms with Gasteiger partial charge in [-0.15, -0.1) is 0 Å². The van der Waals surface area contributed by atoms with E-state index in [9.17, 15) is 4.79 Å². The Labute approximate surface area is 177 Å². The van der Waals surface area contributed by atoms with Crippen molar-refractivity contribution in [3.8, 4) is 22.7 Å². The summed E-state index contributed by atoms with van der Waals surface area (Å²) >= 11 is 3.27. The van der Waals surface area contributed by atoms with E-state index in [0.29, 0.717) is 28.3 Å². The van der Waals surface area contributed by atoms with Crippen molar-refractivity contribution in [1.82, 2.24) is 20.0 Å². The first kappa shape index (κ1) is 20.8. The maximum Gasteiger partial charge on any atom is 0.410 e. The van der Waals surface area contributed by atoms with Crippen molar-refractivity contribution < 1.29 is 14.1 Å². The summed E-state index contributed by atoms with van der Waals surface area (Å²) in [6.07, 6.45) is 1.15. The molecule has 0 saturated heterocycles. The second-order valence-corrected chi connectivity index (χ2v) is 8.35. The molecule has 0 bridgehead atoms. The number of carbonyl (C=O) groups is 1. The molecule has 0 unspecified atom stereocenters. The van der Waals surface area contributed by atoms with Crippen molar-refractivity contribution in [2.24, 2.45) is 0 Å². The van der Waals surface area contributed by atoms with Crippen molar-refractivity contribution in [2.75, 3.05) is 12.8 Å². The molecule has 8 nitrogen and oxygen atoms in total. The van der Waals surface area contributed by atoms with Crippen molar-refractivity contribution in [3.63, 3.8) is 0 Å². The lowest BCUT2D eigenvalue weighted by molar-refractivity contribution is 0.0285.